The molecular weight excluding hydrogens is 362 g/mol. The summed E-state index contributed by atoms with van der Waals surface area (Å²) >= 11 is 9.74. The average Bonchev–Trinajstić information content (AvgIpc) is 2.84. The second-order valence-electron chi connectivity index (χ2n) is 6.79. The van der Waals surface area contributed by atoms with Crippen molar-refractivity contribution in [2.75, 3.05) is 6.54 Å². The fourth-order valence-corrected chi connectivity index (χ4v) is 4.74. The van der Waals surface area contributed by atoms with Crippen molar-refractivity contribution in [3.8, 4) is 0 Å². The lowest BCUT2D eigenvalue weighted by Gasteiger charge is -2.36. The number of likely N-dealkylation sites (tertiary alicyclic amines) is 1. The maximum absolute atomic E-state index is 12.8. The highest BCUT2D eigenvalue weighted by Gasteiger charge is 2.38. The van der Waals surface area contributed by atoms with Crippen LogP contribution in [0.5, 0.6) is 0 Å². The second kappa shape index (κ2) is 6.92. The molecule has 2 aliphatic rings. The fraction of sp³-hybridized carbons (Fsp3) is 0.611. The molecule has 1 amide bonds. The number of carbonyl (C=O) groups excluding carboxylic acids is 1. The van der Waals surface area contributed by atoms with Gasteiger partial charge in [0.2, 0.25) is 5.91 Å². The Morgan fingerprint density at radius 3 is 2.77 bits per heavy atom. The molecule has 1 saturated carbocycles. The van der Waals surface area contributed by atoms with Crippen molar-refractivity contribution >= 4 is 33.4 Å². The van der Waals surface area contributed by atoms with Gasteiger partial charge in [0, 0.05) is 28.0 Å². The van der Waals surface area contributed by atoms with Crippen molar-refractivity contribution in [1.29, 1.82) is 0 Å². The van der Waals surface area contributed by atoms with Crippen LogP contribution in [0.25, 0.3) is 0 Å². The largest absolute Gasteiger partial charge is 0.339 e. The number of hydrogen-bond donors (Lipinski definition) is 0. The Hall–Kier alpha value is -0.540. The summed E-state index contributed by atoms with van der Waals surface area (Å²) in [6.07, 6.45) is 6.76. The SMILES string of the molecule is CC1CCCCC1N1CCC(Cc2ccc(Br)cc2Cl)C1=O. The van der Waals surface area contributed by atoms with E-state index in [0.29, 0.717) is 17.9 Å². The van der Waals surface area contributed by atoms with Crippen LogP contribution in [-0.4, -0.2) is 23.4 Å². The van der Waals surface area contributed by atoms with Crippen molar-refractivity contribution in [1.82, 2.24) is 4.90 Å². The summed E-state index contributed by atoms with van der Waals surface area (Å²) in [6, 6.07) is 6.41. The molecule has 3 rings (SSSR count). The molecular formula is C18H23BrClNO. The molecule has 0 N–H and O–H groups in total. The van der Waals surface area contributed by atoms with Crippen molar-refractivity contribution in [3.05, 3.63) is 33.3 Å². The molecule has 0 aromatic heterocycles. The number of amides is 1. The van der Waals surface area contributed by atoms with Crippen molar-refractivity contribution < 1.29 is 4.79 Å². The van der Waals surface area contributed by atoms with E-state index in [1.54, 1.807) is 0 Å². The highest BCUT2D eigenvalue weighted by atomic mass is 79.9. The Morgan fingerprint density at radius 1 is 1.27 bits per heavy atom. The van der Waals surface area contributed by atoms with Gasteiger partial charge in [-0.2, -0.15) is 0 Å². The first-order chi connectivity index (χ1) is 10.6. The van der Waals surface area contributed by atoms with Gasteiger partial charge in [-0.05, 0) is 49.3 Å². The molecule has 22 heavy (non-hydrogen) atoms. The first-order valence-electron chi connectivity index (χ1n) is 8.30. The second-order valence-corrected chi connectivity index (χ2v) is 8.11. The summed E-state index contributed by atoms with van der Waals surface area (Å²) in [5.74, 6) is 1.10. The topological polar surface area (TPSA) is 20.3 Å². The lowest BCUT2D eigenvalue weighted by molar-refractivity contribution is -0.134. The van der Waals surface area contributed by atoms with E-state index in [0.717, 1.165) is 34.4 Å². The third-order valence-electron chi connectivity index (χ3n) is 5.30. The predicted molar refractivity (Wildman–Crippen MR) is 94.1 cm³/mol. The molecule has 0 bridgehead atoms. The number of hydrogen-bond acceptors (Lipinski definition) is 1. The summed E-state index contributed by atoms with van der Waals surface area (Å²) in [4.78, 5) is 15.0. The Labute approximate surface area is 146 Å². The lowest BCUT2D eigenvalue weighted by atomic mass is 9.85. The fourth-order valence-electron chi connectivity index (χ4n) is 3.99. The molecule has 2 fully saturated rings. The highest BCUT2D eigenvalue weighted by Crippen LogP contribution is 2.34. The third-order valence-corrected chi connectivity index (χ3v) is 6.14. The molecule has 2 nitrogen and oxygen atoms in total. The van der Waals surface area contributed by atoms with E-state index in [4.69, 9.17) is 11.6 Å². The van der Waals surface area contributed by atoms with E-state index >= 15 is 0 Å². The van der Waals surface area contributed by atoms with Crippen LogP contribution in [0.1, 0.15) is 44.6 Å². The number of nitrogens with zero attached hydrogens (tertiary/aromatic N) is 1. The van der Waals surface area contributed by atoms with Gasteiger partial charge in [-0.1, -0.05) is 53.4 Å². The molecule has 1 heterocycles. The predicted octanol–water partition coefficient (Wildman–Crippen LogP) is 5.07. The van der Waals surface area contributed by atoms with Crippen LogP contribution < -0.4 is 0 Å². The van der Waals surface area contributed by atoms with Gasteiger partial charge < -0.3 is 4.90 Å². The van der Waals surface area contributed by atoms with E-state index < -0.39 is 0 Å². The minimum absolute atomic E-state index is 0.104. The average molecular weight is 385 g/mol. The first kappa shape index (κ1) is 16.3. The van der Waals surface area contributed by atoms with Gasteiger partial charge in [0.1, 0.15) is 0 Å². The number of halogens is 2. The van der Waals surface area contributed by atoms with Gasteiger partial charge in [-0.3, -0.25) is 4.79 Å². The minimum atomic E-state index is 0.104. The summed E-state index contributed by atoms with van der Waals surface area (Å²) in [5, 5.41) is 0.756. The van der Waals surface area contributed by atoms with Crippen molar-refractivity contribution in [2.24, 2.45) is 11.8 Å². The van der Waals surface area contributed by atoms with Crippen LogP contribution in [0.2, 0.25) is 5.02 Å². The zero-order valence-electron chi connectivity index (χ0n) is 13.0. The molecule has 120 valence electrons. The summed E-state index contributed by atoms with van der Waals surface area (Å²) in [7, 11) is 0. The van der Waals surface area contributed by atoms with Crippen LogP contribution >= 0.6 is 27.5 Å². The van der Waals surface area contributed by atoms with Crippen LogP contribution in [0.4, 0.5) is 0 Å². The summed E-state index contributed by atoms with van der Waals surface area (Å²) in [6.45, 7) is 3.22. The van der Waals surface area contributed by atoms with Gasteiger partial charge in [0.15, 0.2) is 0 Å². The lowest BCUT2D eigenvalue weighted by Crippen LogP contribution is -2.43. The summed E-state index contributed by atoms with van der Waals surface area (Å²) in [5.41, 5.74) is 1.08. The summed E-state index contributed by atoms with van der Waals surface area (Å²) < 4.78 is 0.983. The van der Waals surface area contributed by atoms with Gasteiger partial charge in [-0.25, -0.2) is 0 Å². The Bertz CT molecular complexity index is 562. The van der Waals surface area contributed by atoms with Gasteiger partial charge in [0.05, 0.1) is 0 Å². The first-order valence-corrected chi connectivity index (χ1v) is 9.48. The zero-order valence-corrected chi connectivity index (χ0v) is 15.4. The molecule has 3 unspecified atom stereocenters. The van der Waals surface area contributed by atoms with Crippen LogP contribution in [0.3, 0.4) is 0 Å². The van der Waals surface area contributed by atoms with Crippen LogP contribution in [-0.2, 0) is 11.2 Å². The van der Waals surface area contributed by atoms with E-state index in [9.17, 15) is 4.79 Å². The molecule has 1 aliphatic heterocycles. The monoisotopic (exact) mass is 383 g/mol. The smallest absolute Gasteiger partial charge is 0.226 e. The minimum Gasteiger partial charge on any atom is -0.339 e. The zero-order chi connectivity index (χ0) is 15.7. The third kappa shape index (κ3) is 3.35. The van der Waals surface area contributed by atoms with Crippen molar-refractivity contribution in [2.45, 2.75) is 51.5 Å². The Kier molecular flexibility index (Phi) is 5.13. The van der Waals surface area contributed by atoms with Crippen LogP contribution in [0.15, 0.2) is 22.7 Å². The number of rotatable bonds is 3. The molecule has 3 atom stereocenters. The molecule has 1 saturated heterocycles. The van der Waals surface area contributed by atoms with E-state index in [-0.39, 0.29) is 5.92 Å². The standard InChI is InChI=1S/C18H23BrClNO/c1-12-4-2-3-5-17(12)21-9-8-14(18(21)22)10-13-6-7-15(19)11-16(13)20/h6-7,11-12,14,17H,2-5,8-10H2,1H3. The molecule has 0 radical (unpaired) electrons. The quantitative estimate of drug-likeness (QED) is 0.712. The van der Waals surface area contributed by atoms with E-state index in [1.807, 2.05) is 18.2 Å². The molecule has 1 aromatic carbocycles. The Morgan fingerprint density at radius 2 is 2.05 bits per heavy atom. The van der Waals surface area contributed by atoms with Gasteiger partial charge in [-0.15, -0.1) is 0 Å². The normalized spacial score (nSPS) is 29.1. The van der Waals surface area contributed by atoms with Gasteiger partial charge in [0.25, 0.3) is 0 Å². The van der Waals surface area contributed by atoms with Crippen molar-refractivity contribution in [3.63, 3.8) is 0 Å². The molecule has 0 spiro atoms. The Balaban J connectivity index is 1.68. The van der Waals surface area contributed by atoms with Gasteiger partial charge >= 0.3 is 0 Å². The number of carbonyl (C=O) groups is 1. The maximum atomic E-state index is 12.8. The van der Waals surface area contributed by atoms with Crippen LogP contribution in [0, 0.1) is 11.8 Å². The van der Waals surface area contributed by atoms with E-state index in [1.165, 1.54) is 25.7 Å². The maximum Gasteiger partial charge on any atom is 0.226 e. The molecule has 4 heteroatoms. The highest BCUT2D eigenvalue weighted by molar-refractivity contribution is 9.10. The molecule has 1 aromatic rings. The molecule has 1 aliphatic carbocycles. The number of benzene rings is 1. The van der Waals surface area contributed by atoms with E-state index in [2.05, 4.69) is 27.8 Å².